The molecule has 0 aliphatic carbocycles. The van der Waals surface area contributed by atoms with Crippen LogP contribution in [0.15, 0.2) is 12.1 Å². The van der Waals surface area contributed by atoms with Crippen molar-refractivity contribution in [1.82, 2.24) is 0 Å². The largest absolute Gasteiger partial charge is 0.491 e. The second kappa shape index (κ2) is 3.20. The first-order valence-corrected chi connectivity index (χ1v) is 4.81. The molecule has 0 radical (unpaired) electrons. The summed E-state index contributed by atoms with van der Waals surface area (Å²) in [6.45, 7) is 2.64. The van der Waals surface area contributed by atoms with Gasteiger partial charge in [0.15, 0.2) is 0 Å². The molecule has 1 aromatic rings. The Bertz CT molecular complexity index is 338. The fraction of sp³-hybridized carbons (Fsp3) is 0.400. The van der Waals surface area contributed by atoms with Crippen molar-refractivity contribution in [3.05, 3.63) is 28.3 Å². The Morgan fingerprint density at radius 3 is 3.08 bits per heavy atom. The van der Waals surface area contributed by atoms with Gasteiger partial charge in [0.25, 0.3) is 0 Å². The maximum Gasteiger partial charge on any atom is 0.128 e. The topological polar surface area (TPSA) is 35.2 Å². The van der Waals surface area contributed by atoms with Gasteiger partial charge in [-0.25, -0.2) is 0 Å². The number of halogens is 1. The third-order valence-corrected chi connectivity index (χ3v) is 2.75. The molecule has 0 amide bonds. The highest BCUT2D eigenvalue weighted by atomic mass is 35.5. The molecule has 0 saturated heterocycles. The van der Waals surface area contributed by atoms with E-state index in [1.165, 1.54) is 0 Å². The van der Waals surface area contributed by atoms with E-state index in [0.717, 1.165) is 28.3 Å². The number of nitrogens with two attached hydrogens (primary N) is 1. The summed E-state index contributed by atoms with van der Waals surface area (Å²) in [5.74, 6) is 0.905. The molecule has 2 rings (SSSR count). The first kappa shape index (κ1) is 8.85. The van der Waals surface area contributed by atoms with E-state index < -0.39 is 0 Å². The Balaban J connectivity index is 2.57. The fourth-order valence-corrected chi connectivity index (χ4v) is 1.96. The lowest BCUT2D eigenvalue weighted by Crippen LogP contribution is -2.10. The van der Waals surface area contributed by atoms with E-state index >= 15 is 0 Å². The minimum atomic E-state index is 0.0116. The number of ether oxygens (including phenoxy) is 1. The second-order valence-corrected chi connectivity index (χ2v) is 3.62. The van der Waals surface area contributed by atoms with Crippen LogP contribution in [0.5, 0.6) is 5.75 Å². The van der Waals surface area contributed by atoms with Crippen molar-refractivity contribution in [2.45, 2.75) is 19.4 Å². The minimum absolute atomic E-state index is 0.0116. The quantitative estimate of drug-likeness (QED) is 0.750. The van der Waals surface area contributed by atoms with Crippen LogP contribution in [0.4, 0.5) is 0 Å². The molecule has 0 aromatic heterocycles. The molecule has 1 heterocycles. The third-order valence-electron chi connectivity index (χ3n) is 2.39. The van der Waals surface area contributed by atoms with E-state index in [1.54, 1.807) is 0 Å². The van der Waals surface area contributed by atoms with Crippen LogP contribution in [0.1, 0.15) is 24.1 Å². The lowest BCUT2D eigenvalue weighted by atomic mass is 10.0. The molecule has 0 spiro atoms. The molecule has 0 bridgehead atoms. The van der Waals surface area contributed by atoms with Gasteiger partial charge in [0.1, 0.15) is 12.4 Å². The van der Waals surface area contributed by atoms with E-state index in [-0.39, 0.29) is 6.04 Å². The summed E-state index contributed by atoms with van der Waals surface area (Å²) in [6.07, 6.45) is 0.884. The Morgan fingerprint density at radius 2 is 2.38 bits per heavy atom. The van der Waals surface area contributed by atoms with Gasteiger partial charge in [-0.2, -0.15) is 0 Å². The molecule has 2 nitrogen and oxygen atoms in total. The standard InChI is InChI=1S/C10H12ClNO/c1-2-6-8(11)4-3-7-9(12)5-13-10(6)7/h3-4,9H,2,5,12H2,1H3/t9-/m0/s1. The molecule has 1 aromatic carbocycles. The zero-order valence-electron chi connectivity index (χ0n) is 7.51. The highest BCUT2D eigenvalue weighted by Gasteiger charge is 2.23. The molecular weight excluding hydrogens is 186 g/mol. The number of fused-ring (bicyclic) bond motifs is 1. The molecule has 0 fully saturated rings. The van der Waals surface area contributed by atoms with Gasteiger partial charge in [-0.1, -0.05) is 24.6 Å². The molecule has 0 unspecified atom stereocenters. The van der Waals surface area contributed by atoms with Crippen LogP contribution < -0.4 is 10.5 Å². The highest BCUT2D eigenvalue weighted by molar-refractivity contribution is 6.31. The molecule has 2 N–H and O–H groups in total. The summed E-state index contributed by atoms with van der Waals surface area (Å²) in [5, 5.41) is 0.773. The van der Waals surface area contributed by atoms with E-state index in [0.29, 0.717) is 6.61 Å². The predicted octanol–water partition coefficient (Wildman–Crippen LogP) is 2.29. The van der Waals surface area contributed by atoms with Gasteiger partial charge in [-0.05, 0) is 12.5 Å². The summed E-state index contributed by atoms with van der Waals surface area (Å²) in [7, 11) is 0. The van der Waals surface area contributed by atoms with Crippen molar-refractivity contribution in [1.29, 1.82) is 0 Å². The van der Waals surface area contributed by atoms with Crippen molar-refractivity contribution in [3.63, 3.8) is 0 Å². The molecule has 1 aliphatic rings. The van der Waals surface area contributed by atoms with Crippen molar-refractivity contribution in [2.24, 2.45) is 5.73 Å². The van der Waals surface area contributed by atoms with E-state index in [9.17, 15) is 0 Å². The molecular formula is C10H12ClNO. The molecule has 70 valence electrons. The number of hydrogen-bond donors (Lipinski definition) is 1. The van der Waals surface area contributed by atoms with E-state index in [2.05, 4.69) is 6.92 Å². The van der Waals surface area contributed by atoms with Crippen LogP contribution in [0, 0.1) is 0 Å². The Labute approximate surface area is 82.6 Å². The van der Waals surface area contributed by atoms with Crippen LogP contribution in [-0.4, -0.2) is 6.61 Å². The van der Waals surface area contributed by atoms with Crippen LogP contribution in [0.3, 0.4) is 0 Å². The first-order valence-electron chi connectivity index (χ1n) is 4.43. The number of hydrogen-bond acceptors (Lipinski definition) is 2. The average molecular weight is 198 g/mol. The van der Waals surface area contributed by atoms with Crippen LogP contribution >= 0.6 is 11.6 Å². The summed E-state index contributed by atoms with van der Waals surface area (Å²) in [6, 6.07) is 3.86. The molecule has 3 heteroatoms. The van der Waals surface area contributed by atoms with Gasteiger partial charge < -0.3 is 10.5 Å². The van der Waals surface area contributed by atoms with Gasteiger partial charge in [0, 0.05) is 16.1 Å². The second-order valence-electron chi connectivity index (χ2n) is 3.22. The lowest BCUT2D eigenvalue weighted by Gasteiger charge is -2.07. The van der Waals surface area contributed by atoms with Crippen molar-refractivity contribution in [2.75, 3.05) is 6.61 Å². The van der Waals surface area contributed by atoms with Gasteiger partial charge in [-0.15, -0.1) is 0 Å². The summed E-state index contributed by atoms with van der Waals surface area (Å²) < 4.78 is 5.50. The van der Waals surface area contributed by atoms with Crippen LogP contribution in [0.25, 0.3) is 0 Å². The number of benzene rings is 1. The van der Waals surface area contributed by atoms with Gasteiger partial charge in [-0.3, -0.25) is 0 Å². The monoisotopic (exact) mass is 197 g/mol. The van der Waals surface area contributed by atoms with Crippen LogP contribution in [-0.2, 0) is 6.42 Å². The highest BCUT2D eigenvalue weighted by Crippen LogP contribution is 2.38. The number of rotatable bonds is 1. The van der Waals surface area contributed by atoms with Crippen LogP contribution in [0.2, 0.25) is 5.02 Å². The molecule has 13 heavy (non-hydrogen) atoms. The fourth-order valence-electron chi connectivity index (χ4n) is 1.68. The normalized spacial score (nSPS) is 19.8. The first-order chi connectivity index (χ1) is 6.24. The summed E-state index contributed by atoms with van der Waals surface area (Å²) >= 11 is 6.03. The summed E-state index contributed by atoms with van der Waals surface area (Å²) in [4.78, 5) is 0. The Morgan fingerprint density at radius 1 is 1.62 bits per heavy atom. The van der Waals surface area contributed by atoms with Crippen molar-refractivity contribution in [3.8, 4) is 5.75 Å². The zero-order chi connectivity index (χ0) is 9.42. The van der Waals surface area contributed by atoms with Gasteiger partial charge >= 0.3 is 0 Å². The molecule has 1 aliphatic heterocycles. The maximum absolute atomic E-state index is 6.03. The Kier molecular flexibility index (Phi) is 2.18. The molecule has 0 saturated carbocycles. The molecule has 1 atom stereocenters. The third kappa shape index (κ3) is 1.30. The SMILES string of the molecule is CCc1c(Cl)ccc2c1OC[C@@H]2N. The zero-order valence-corrected chi connectivity index (χ0v) is 8.27. The summed E-state index contributed by atoms with van der Waals surface area (Å²) in [5.41, 5.74) is 8.01. The van der Waals surface area contributed by atoms with Crippen molar-refractivity contribution < 1.29 is 4.74 Å². The predicted molar refractivity (Wildman–Crippen MR) is 53.3 cm³/mol. The van der Waals surface area contributed by atoms with Gasteiger partial charge in [0.2, 0.25) is 0 Å². The minimum Gasteiger partial charge on any atom is -0.491 e. The smallest absolute Gasteiger partial charge is 0.128 e. The van der Waals surface area contributed by atoms with E-state index in [4.69, 9.17) is 22.1 Å². The Hall–Kier alpha value is -0.730. The maximum atomic E-state index is 6.03. The lowest BCUT2D eigenvalue weighted by molar-refractivity contribution is 0.331. The van der Waals surface area contributed by atoms with E-state index in [1.807, 2.05) is 12.1 Å². The van der Waals surface area contributed by atoms with Crippen molar-refractivity contribution >= 4 is 11.6 Å². The average Bonchev–Trinajstić information content (AvgIpc) is 2.48. The van der Waals surface area contributed by atoms with Gasteiger partial charge in [0.05, 0.1) is 6.04 Å².